The molecule has 0 bridgehead atoms. The number of benzene rings is 1. The van der Waals surface area contributed by atoms with E-state index >= 15 is 0 Å². The number of aliphatic carboxylic acids is 1. The molecule has 1 amide bonds. The molecule has 1 atom stereocenters. The van der Waals surface area contributed by atoms with Crippen LogP contribution < -0.4 is 10.1 Å². The van der Waals surface area contributed by atoms with Gasteiger partial charge >= 0.3 is 5.97 Å². The molecule has 0 radical (unpaired) electrons. The second-order valence-electron chi connectivity index (χ2n) is 4.45. The van der Waals surface area contributed by atoms with Gasteiger partial charge in [0.15, 0.2) is 0 Å². The van der Waals surface area contributed by atoms with Gasteiger partial charge < -0.3 is 15.2 Å². The Hall–Kier alpha value is -2.04. The predicted octanol–water partition coefficient (Wildman–Crippen LogP) is 1.60. The van der Waals surface area contributed by atoms with Crippen molar-refractivity contribution in [1.29, 1.82) is 0 Å². The molecule has 0 aliphatic carbocycles. The number of carboxylic acid groups (broad SMARTS) is 1. The maximum absolute atomic E-state index is 11.4. The molecule has 1 unspecified atom stereocenters. The number of nitrogens with one attached hydrogen (secondary N) is 1. The van der Waals surface area contributed by atoms with Crippen LogP contribution >= 0.6 is 0 Å². The van der Waals surface area contributed by atoms with E-state index in [9.17, 15) is 9.59 Å². The minimum atomic E-state index is -0.920. The highest BCUT2D eigenvalue weighted by Gasteiger charge is 2.11. The van der Waals surface area contributed by atoms with E-state index in [1.54, 1.807) is 6.92 Å². The van der Waals surface area contributed by atoms with Crippen LogP contribution in [0.5, 0.6) is 5.75 Å². The van der Waals surface area contributed by atoms with E-state index in [4.69, 9.17) is 9.84 Å². The van der Waals surface area contributed by atoms with E-state index in [-0.39, 0.29) is 25.5 Å². The van der Waals surface area contributed by atoms with Crippen molar-refractivity contribution in [3.8, 4) is 5.75 Å². The van der Waals surface area contributed by atoms with Crippen LogP contribution in [-0.4, -0.2) is 30.1 Å². The lowest BCUT2D eigenvalue weighted by molar-refractivity contribution is -0.141. The maximum Gasteiger partial charge on any atom is 0.308 e. The van der Waals surface area contributed by atoms with Crippen LogP contribution in [0, 0.1) is 12.8 Å². The summed E-state index contributed by atoms with van der Waals surface area (Å²) in [6.07, 6.45) is 0.209. The van der Waals surface area contributed by atoms with Crippen LogP contribution in [0.1, 0.15) is 18.9 Å². The first-order valence-corrected chi connectivity index (χ1v) is 6.18. The lowest BCUT2D eigenvalue weighted by Crippen LogP contribution is -2.32. The molecule has 104 valence electrons. The fourth-order valence-corrected chi connectivity index (χ4v) is 1.34. The topological polar surface area (TPSA) is 75.6 Å². The van der Waals surface area contributed by atoms with Gasteiger partial charge in [0.2, 0.25) is 5.91 Å². The van der Waals surface area contributed by atoms with Gasteiger partial charge in [-0.05, 0) is 19.1 Å². The second-order valence-corrected chi connectivity index (χ2v) is 4.45. The number of ether oxygens (including phenoxy) is 1. The molecule has 0 aromatic heterocycles. The van der Waals surface area contributed by atoms with Gasteiger partial charge in [-0.25, -0.2) is 0 Å². The number of carbonyl (C=O) groups is 2. The fourth-order valence-electron chi connectivity index (χ4n) is 1.34. The van der Waals surface area contributed by atoms with Crippen LogP contribution in [0.25, 0.3) is 0 Å². The number of aryl methyl sites for hydroxylation is 1. The number of hydrogen-bond donors (Lipinski definition) is 2. The van der Waals surface area contributed by atoms with Crippen molar-refractivity contribution in [3.63, 3.8) is 0 Å². The van der Waals surface area contributed by atoms with Gasteiger partial charge in [-0.15, -0.1) is 0 Å². The van der Waals surface area contributed by atoms with E-state index in [0.717, 1.165) is 11.3 Å². The van der Waals surface area contributed by atoms with E-state index in [1.165, 1.54) is 0 Å². The summed E-state index contributed by atoms with van der Waals surface area (Å²) in [6, 6.07) is 7.56. The standard InChI is InChI=1S/C14H19NO4/c1-10-3-5-12(6-4-10)19-8-7-13(16)15-9-11(2)14(17)18/h3-6,11H,7-9H2,1-2H3,(H,15,16)(H,17,18). The Kier molecular flexibility index (Phi) is 5.85. The molecule has 0 aliphatic heterocycles. The summed E-state index contributed by atoms with van der Waals surface area (Å²) in [5, 5.41) is 11.2. The number of rotatable bonds is 7. The molecule has 1 aromatic rings. The minimum absolute atomic E-state index is 0.138. The third-order valence-electron chi connectivity index (χ3n) is 2.65. The molecule has 0 saturated heterocycles. The van der Waals surface area contributed by atoms with Crippen molar-refractivity contribution in [2.45, 2.75) is 20.3 Å². The van der Waals surface area contributed by atoms with Crippen LogP contribution in [0.15, 0.2) is 24.3 Å². The largest absolute Gasteiger partial charge is 0.493 e. The Morgan fingerprint density at radius 2 is 1.95 bits per heavy atom. The number of amides is 1. The summed E-state index contributed by atoms with van der Waals surface area (Å²) in [7, 11) is 0. The van der Waals surface area contributed by atoms with Crippen LogP contribution in [0.4, 0.5) is 0 Å². The summed E-state index contributed by atoms with van der Waals surface area (Å²) >= 11 is 0. The first-order chi connectivity index (χ1) is 8.99. The monoisotopic (exact) mass is 265 g/mol. The van der Waals surface area contributed by atoms with E-state index < -0.39 is 11.9 Å². The van der Waals surface area contributed by atoms with Gasteiger partial charge in [0.05, 0.1) is 18.9 Å². The first kappa shape index (κ1) is 15.0. The Balaban J connectivity index is 2.20. The van der Waals surface area contributed by atoms with Crippen molar-refractivity contribution < 1.29 is 19.4 Å². The van der Waals surface area contributed by atoms with Gasteiger partial charge in [0.25, 0.3) is 0 Å². The van der Waals surface area contributed by atoms with Gasteiger partial charge in [0, 0.05) is 6.54 Å². The number of carbonyl (C=O) groups excluding carboxylic acids is 1. The molecule has 1 aromatic carbocycles. The lowest BCUT2D eigenvalue weighted by Gasteiger charge is -2.09. The summed E-state index contributed by atoms with van der Waals surface area (Å²) in [5.41, 5.74) is 1.15. The third kappa shape index (κ3) is 5.90. The third-order valence-corrected chi connectivity index (χ3v) is 2.65. The minimum Gasteiger partial charge on any atom is -0.493 e. The zero-order valence-corrected chi connectivity index (χ0v) is 11.2. The molecule has 5 nitrogen and oxygen atoms in total. The van der Waals surface area contributed by atoms with Crippen molar-refractivity contribution in [2.75, 3.05) is 13.2 Å². The zero-order valence-electron chi connectivity index (χ0n) is 11.2. The Morgan fingerprint density at radius 3 is 2.53 bits per heavy atom. The van der Waals surface area contributed by atoms with Crippen LogP contribution in [0.3, 0.4) is 0 Å². The van der Waals surface area contributed by atoms with Crippen molar-refractivity contribution in [1.82, 2.24) is 5.32 Å². The molecule has 2 N–H and O–H groups in total. The average Bonchev–Trinajstić information content (AvgIpc) is 2.38. The summed E-state index contributed by atoms with van der Waals surface area (Å²) in [5.74, 6) is -0.990. The van der Waals surface area contributed by atoms with E-state index in [0.29, 0.717) is 0 Å². The average molecular weight is 265 g/mol. The van der Waals surface area contributed by atoms with Crippen LogP contribution in [0.2, 0.25) is 0 Å². The van der Waals surface area contributed by atoms with Crippen molar-refractivity contribution in [2.24, 2.45) is 5.92 Å². The molecule has 0 aliphatic rings. The highest BCUT2D eigenvalue weighted by molar-refractivity contribution is 5.77. The summed E-state index contributed by atoms with van der Waals surface area (Å²) in [6.45, 7) is 3.95. The Labute approximate surface area is 112 Å². The highest BCUT2D eigenvalue weighted by atomic mass is 16.5. The lowest BCUT2D eigenvalue weighted by atomic mass is 10.2. The molecule has 0 saturated carbocycles. The van der Waals surface area contributed by atoms with Gasteiger partial charge in [-0.1, -0.05) is 24.6 Å². The Morgan fingerprint density at radius 1 is 1.32 bits per heavy atom. The molecule has 19 heavy (non-hydrogen) atoms. The Bertz CT molecular complexity index is 428. The molecular weight excluding hydrogens is 246 g/mol. The van der Waals surface area contributed by atoms with Crippen molar-refractivity contribution >= 4 is 11.9 Å². The smallest absolute Gasteiger partial charge is 0.308 e. The number of carboxylic acids is 1. The molecule has 5 heteroatoms. The van der Waals surface area contributed by atoms with Gasteiger partial charge in [0.1, 0.15) is 5.75 Å². The first-order valence-electron chi connectivity index (χ1n) is 6.18. The molecule has 0 spiro atoms. The summed E-state index contributed by atoms with van der Waals surface area (Å²) < 4.78 is 5.41. The predicted molar refractivity (Wildman–Crippen MR) is 71.1 cm³/mol. The molecule has 1 rings (SSSR count). The molecule has 0 fully saturated rings. The van der Waals surface area contributed by atoms with Gasteiger partial charge in [-0.2, -0.15) is 0 Å². The SMILES string of the molecule is Cc1ccc(OCCC(=O)NCC(C)C(=O)O)cc1. The highest BCUT2D eigenvalue weighted by Crippen LogP contribution is 2.11. The number of hydrogen-bond acceptors (Lipinski definition) is 3. The zero-order chi connectivity index (χ0) is 14.3. The van der Waals surface area contributed by atoms with Gasteiger partial charge in [-0.3, -0.25) is 9.59 Å². The fraction of sp³-hybridized carbons (Fsp3) is 0.429. The summed E-state index contributed by atoms with van der Waals surface area (Å²) in [4.78, 5) is 22.0. The van der Waals surface area contributed by atoms with E-state index in [1.807, 2.05) is 31.2 Å². The quantitative estimate of drug-likeness (QED) is 0.785. The normalized spacial score (nSPS) is 11.7. The molecule has 0 heterocycles. The second kappa shape index (κ2) is 7.41. The van der Waals surface area contributed by atoms with E-state index in [2.05, 4.69) is 5.32 Å². The van der Waals surface area contributed by atoms with Crippen LogP contribution in [-0.2, 0) is 9.59 Å². The van der Waals surface area contributed by atoms with Crippen molar-refractivity contribution in [3.05, 3.63) is 29.8 Å². The maximum atomic E-state index is 11.4. The molecular formula is C14H19NO4.